The van der Waals surface area contributed by atoms with Gasteiger partial charge in [0.2, 0.25) is 0 Å². The van der Waals surface area contributed by atoms with E-state index in [9.17, 15) is 5.11 Å². The summed E-state index contributed by atoms with van der Waals surface area (Å²) in [7, 11) is 1.63. The number of hydrogen-bond acceptors (Lipinski definition) is 3. The van der Waals surface area contributed by atoms with Gasteiger partial charge in [-0.05, 0) is 47.0 Å². The SMILES string of the molecule is COc1ccc(C(C)(O)c2ccsc2)cc1. The highest BCUT2D eigenvalue weighted by atomic mass is 32.1. The van der Waals surface area contributed by atoms with E-state index in [1.165, 1.54) is 0 Å². The number of thiophene rings is 1. The van der Waals surface area contributed by atoms with Gasteiger partial charge in [0.05, 0.1) is 7.11 Å². The molecule has 1 atom stereocenters. The number of hydrogen-bond donors (Lipinski definition) is 1. The number of ether oxygens (including phenoxy) is 1. The largest absolute Gasteiger partial charge is 0.497 e. The number of methoxy groups -OCH3 is 1. The van der Waals surface area contributed by atoms with Crippen LogP contribution < -0.4 is 4.74 Å². The quantitative estimate of drug-likeness (QED) is 0.884. The van der Waals surface area contributed by atoms with Crippen LogP contribution in [0.25, 0.3) is 0 Å². The molecule has 0 aliphatic carbocycles. The molecule has 2 aromatic rings. The van der Waals surface area contributed by atoms with Crippen molar-refractivity contribution in [3.8, 4) is 5.75 Å². The Bertz CT molecular complexity index is 443. The summed E-state index contributed by atoms with van der Waals surface area (Å²) >= 11 is 1.58. The Labute approximate surface area is 99.1 Å². The van der Waals surface area contributed by atoms with Gasteiger partial charge in [-0.2, -0.15) is 11.3 Å². The van der Waals surface area contributed by atoms with E-state index < -0.39 is 5.60 Å². The predicted molar refractivity (Wildman–Crippen MR) is 66.0 cm³/mol. The lowest BCUT2D eigenvalue weighted by atomic mass is 9.90. The summed E-state index contributed by atoms with van der Waals surface area (Å²) in [6, 6.07) is 9.42. The molecule has 1 aromatic carbocycles. The highest BCUT2D eigenvalue weighted by Crippen LogP contribution is 2.31. The zero-order valence-electron chi connectivity index (χ0n) is 9.31. The predicted octanol–water partition coefficient (Wildman–Crippen LogP) is 3.01. The summed E-state index contributed by atoms with van der Waals surface area (Å²) in [5.74, 6) is 0.796. The maximum Gasteiger partial charge on any atom is 0.118 e. The van der Waals surface area contributed by atoms with E-state index in [1.54, 1.807) is 25.4 Å². The summed E-state index contributed by atoms with van der Waals surface area (Å²) in [6.45, 7) is 1.80. The van der Waals surface area contributed by atoms with E-state index in [2.05, 4.69) is 0 Å². The fourth-order valence-electron chi connectivity index (χ4n) is 1.62. The number of benzene rings is 1. The van der Waals surface area contributed by atoms with E-state index >= 15 is 0 Å². The normalized spacial score (nSPS) is 14.4. The van der Waals surface area contributed by atoms with Crippen LogP contribution in [0, 0.1) is 0 Å². The summed E-state index contributed by atoms with van der Waals surface area (Å²) in [5.41, 5.74) is 0.848. The van der Waals surface area contributed by atoms with Crippen LogP contribution in [-0.4, -0.2) is 12.2 Å². The van der Waals surface area contributed by atoms with E-state index in [0.717, 1.165) is 16.9 Å². The van der Waals surface area contributed by atoms with Crippen LogP contribution in [-0.2, 0) is 5.60 Å². The van der Waals surface area contributed by atoms with Crippen LogP contribution in [0.5, 0.6) is 5.75 Å². The molecule has 0 aliphatic heterocycles. The standard InChI is InChI=1S/C13H14O2S/c1-13(14,11-7-8-16-9-11)10-3-5-12(15-2)6-4-10/h3-9,14H,1-2H3. The smallest absolute Gasteiger partial charge is 0.118 e. The molecule has 0 saturated carbocycles. The van der Waals surface area contributed by atoms with Gasteiger partial charge in [0.1, 0.15) is 11.4 Å². The van der Waals surface area contributed by atoms with Crippen molar-refractivity contribution in [1.29, 1.82) is 0 Å². The molecule has 0 spiro atoms. The van der Waals surface area contributed by atoms with Crippen molar-refractivity contribution in [3.63, 3.8) is 0 Å². The zero-order chi connectivity index (χ0) is 11.6. The maximum absolute atomic E-state index is 10.5. The molecule has 1 N–H and O–H groups in total. The van der Waals surface area contributed by atoms with Gasteiger partial charge in [-0.25, -0.2) is 0 Å². The Kier molecular flexibility index (Phi) is 2.99. The Morgan fingerprint density at radius 2 is 1.81 bits per heavy atom. The molecule has 0 bridgehead atoms. The Balaban J connectivity index is 2.35. The third kappa shape index (κ3) is 1.96. The van der Waals surface area contributed by atoms with Crippen molar-refractivity contribution < 1.29 is 9.84 Å². The van der Waals surface area contributed by atoms with E-state index in [-0.39, 0.29) is 0 Å². The van der Waals surface area contributed by atoms with Crippen molar-refractivity contribution in [2.75, 3.05) is 7.11 Å². The lowest BCUT2D eigenvalue weighted by Crippen LogP contribution is -2.21. The van der Waals surface area contributed by atoms with Crippen molar-refractivity contribution in [3.05, 3.63) is 52.2 Å². The molecule has 0 aliphatic rings. The molecule has 2 nitrogen and oxygen atoms in total. The molecule has 1 aromatic heterocycles. The number of aliphatic hydroxyl groups is 1. The second-order valence-electron chi connectivity index (χ2n) is 3.81. The molecular formula is C13H14O2S. The molecule has 0 amide bonds. The van der Waals surface area contributed by atoms with E-state index in [4.69, 9.17) is 4.74 Å². The van der Waals surface area contributed by atoms with Crippen LogP contribution in [0.3, 0.4) is 0 Å². The van der Waals surface area contributed by atoms with Gasteiger partial charge in [0, 0.05) is 0 Å². The molecule has 0 saturated heterocycles. The minimum absolute atomic E-state index is 0.796. The first-order valence-electron chi connectivity index (χ1n) is 5.04. The van der Waals surface area contributed by atoms with Crippen LogP contribution >= 0.6 is 11.3 Å². The lowest BCUT2D eigenvalue weighted by Gasteiger charge is -2.23. The van der Waals surface area contributed by atoms with Gasteiger partial charge in [-0.1, -0.05) is 12.1 Å². The highest BCUT2D eigenvalue weighted by molar-refractivity contribution is 7.08. The average molecular weight is 234 g/mol. The topological polar surface area (TPSA) is 29.5 Å². The summed E-state index contributed by atoms with van der Waals surface area (Å²) in [4.78, 5) is 0. The number of rotatable bonds is 3. The molecule has 0 fully saturated rings. The molecule has 84 valence electrons. The zero-order valence-corrected chi connectivity index (χ0v) is 10.1. The van der Waals surface area contributed by atoms with Crippen molar-refractivity contribution in [2.24, 2.45) is 0 Å². The van der Waals surface area contributed by atoms with Crippen LogP contribution in [0.4, 0.5) is 0 Å². The molecule has 0 radical (unpaired) electrons. The first-order valence-corrected chi connectivity index (χ1v) is 5.98. The molecular weight excluding hydrogens is 220 g/mol. The lowest BCUT2D eigenvalue weighted by molar-refractivity contribution is 0.103. The first-order chi connectivity index (χ1) is 7.64. The highest BCUT2D eigenvalue weighted by Gasteiger charge is 2.25. The van der Waals surface area contributed by atoms with Crippen molar-refractivity contribution in [1.82, 2.24) is 0 Å². The Morgan fingerprint density at radius 3 is 2.31 bits per heavy atom. The monoisotopic (exact) mass is 234 g/mol. The van der Waals surface area contributed by atoms with Gasteiger partial charge < -0.3 is 9.84 Å². The van der Waals surface area contributed by atoms with Gasteiger partial charge in [-0.15, -0.1) is 0 Å². The fourth-order valence-corrected chi connectivity index (χ4v) is 2.38. The molecule has 2 rings (SSSR count). The van der Waals surface area contributed by atoms with E-state index in [0.29, 0.717) is 0 Å². The second kappa shape index (κ2) is 4.28. The maximum atomic E-state index is 10.5. The summed E-state index contributed by atoms with van der Waals surface area (Å²) in [5, 5.41) is 14.4. The summed E-state index contributed by atoms with van der Waals surface area (Å²) < 4.78 is 5.09. The van der Waals surface area contributed by atoms with Crippen molar-refractivity contribution >= 4 is 11.3 Å². The fraction of sp³-hybridized carbons (Fsp3) is 0.231. The van der Waals surface area contributed by atoms with Gasteiger partial charge >= 0.3 is 0 Å². The first kappa shape index (κ1) is 11.2. The minimum atomic E-state index is -0.938. The van der Waals surface area contributed by atoms with Crippen molar-refractivity contribution in [2.45, 2.75) is 12.5 Å². The molecule has 1 unspecified atom stereocenters. The van der Waals surface area contributed by atoms with Gasteiger partial charge in [0.25, 0.3) is 0 Å². The van der Waals surface area contributed by atoms with Crippen LogP contribution in [0.2, 0.25) is 0 Å². The summed E-state index contributed by atoms with van der Waals surface area (Å²) in [6.07, 6.45) is 0. The molecule has 16 heavy (non-hydrogen) atoms. The van der Waals surface area contributed by atoms with Crippen LogP contribution in [0.1, 0.15) is 18.1 Å². The third-order valence-electron chi connectivity index (χ3n) is 2.74. The third-order valence-corrected chi connectivity index (χ3v) is 3.42. The van der Waals surface area contributed by atoms with E-state index in [1.807, 2.05) is 41.1 Å². The van der Waals surface area contributed by atoms with Crippen LogP contribution in [0.15, 0.2) is 41.1 Å². The van der Waals surface area contributed by atoms with Gasteiger partial charge in [0.15, 0.2) is 0 Å². The molecule has 1 heterocycles. The molecule has 3 heteroatoms. The minimum Gasteiger partial charge on any atom is -0.497 e. The second-order valence-corrected chi connectivity index (χ2v) is 4.59. The average Bonchev–Trinajstić information content (AvgIpc) is 2.83. The Hall–Kier alpha value is -1.32. The Morgan fingerprint density at radius 1 is 1.12 bits per heavy atom. The van der Waals surface area contributed by atoms with Gasteiger partial charge in [-0.3, -0.25) is 0 Å².